The van der Waals surface area contributed by atoms with Gasteiger partial charge in [0.15, 0.2) is 11.7 Å². The summed E-state index contributed by atoms with van der Waals surface area (Å²) in [4.78, 5) is 18.6. The average Bonchev–Trinajstić information content (AvgIpc) is 3.92. The lowest BCUT2D eigenvalue weighted by Gasteiger charge is -2.45. The molecule has 3 aromatic carbocycles. The van der Waals surface area contributed by atoms with Gasteiger partial charge in [0, 0.05) is 51.0 Å². The smallest absolute Gasteiger partial charge is 0.252 e. The van der Waals surface area contributed by atoms with E-state index in [1.54, 1.807) is 7.11 Å². The van der Waals surface area contributed by atoms with Gasteiger partial charge in [-0.15, -0.1) is 0 Å². The summed E-state index contributed by atoms with van der Waals surface area (Å²) in [5.41, 5.74) is 12.1. The molecule has 4 N–H and O–H groups in total. The van der Waals surface area contributed by atoms with Crippen molar-refractivity contribution >= 4 is 40.6 Å². The molecule has 9 nitrogen and oxygen atoms in total. The van der Waals surface area contributed by atoms with Gasteiger partial charge in [-0.2, -0.15) is 0 Å². The fourth-order valence-corrected chi connectivity index (χ4v) is 7.56. The van der Waals surface area contributed by atoms with Gasteiger partial charge in [0.05, 0.1) is 16.1 Å². The fraction of sp³-hybridized carbons (Fsp3) is 0.421. The summed E-state index contributed by atoms with van der Waals surface area (Å²) in [5, 5.41) is 12.8. The number of nitrogens with one attached hydrogen (secondary N) is 2. The standard InChI is InChI=1S/C38H45Cl2N5O4/c1-24-17-32(39)36(33(40)18-24)49-16-15-48-30-12-8-27(9-13-30)31-20-28-22-44(38(41)42)23-34(43-28)35(31)37(46)45(29-10-11-29)21-26-6-3-5-25(19-26)7-4-14-47-2/h3,5-6,8-9,12-13,17-19,28-29,34,43H,4,7,10-11,14-16,20-23H2,1-2H3,(H3,41,42)/t28-,34+/m1/s1. The number of nitrogens with two attached hydrogens (primary N) is 1. The Labute approximate surface area is 298 Å². The number of hydrogen-bond acceptors (Lipinski definition) is 6. The predicted octanol–water partition coefficient (Wildman–Crippen LogP) is 6.22. The van der Waals surface area contributed by atoms with E-state index in [0.29, 0.717) is 54.2 Å². The van der Waals surface area contributed by atoms with E-state index in [0.717, 1.165) is 60.1 Å². The molecule has 3 aliphatic rings. The molecule has 49 heavy (non-hydrogen) atoms. The van der Waals surface area contributed by atoms with Gasteiger partial charge in [0.1, 0.15) is 19.0 Å². The van der Waals surface area contributed by atoms with Gasteiger partial charge in [-0.05, 0) is 91.1 Å². The van der Waals surface area contributed by atoms with Crippen molar-refractivity contribution in [2.75, 3.05) is 40.0 Å². The summed E-state index contributed by atoms with van der Waals surface area (Å²) in [6.07, 6.45) is 4.55. The van der Waals surface area contributed by atoms with Crippen LogP contribution in [0, 0.1) is 12.3 Å². The molecule has 2 aliphatic heterocycles. The van der Waals surface area contributed by atoms with E-state index in [2.05, 4.69) is 34.5 Å². The number of carbonyl (C=O) groups excluding carboxylic acids is 1. The fourth-order valence-electron chi connectivity index (χ4n) is 6.85. The van der Waals surface area contributed by atoms with Crippen molar-refractivity contribution < 1.29 is 19.0 Å². The molecule has 1 saturated carbocycles. The van der Waals surface area contributed by atoms with Crippen LogP contribution in [-0.4, -0.2) is 79.8 Å². The van der Waals surface area contributed by atoms with Crippen molar-refractivity contribution in [1.29, 1.82) is 5.41 Å². The largest absolute Gasteiger partial charge is 0.490 e. The van der Waals surface area contributed by atoms with Gasteiger partial charge in [0.2, 0.25) is 0 Å². The molecule has 2 fully saturated rings. The molecule has 2 atom stereocenters. The van der Waals surface area contributed by atoms with Crippen LogP contribution in [0.25, 0.3) is 5.57 Å². The lowest BCUT2D eigenvalue weighted by Crippen LogP contribution is -2.63. The Morgan fingerprint density at radius 3 is 2.41 bits per heavy atom. The first-order valence-electron chi connectivity index (χ1n) is 17.0. The quantitative estimate of drug-likeness (QED) is 0.104. The van der Waals surface area contributed by atoms with Crippen molar-refractivity contribution in [3.8, 4) is 11.5 Å². The number of rotatable bonds is 14. The van der Waals surface area contributed by atoms with Crippen molar-refractivity contribution in [2.45, 2.75) is 63.7 Å². The maximum absolute atomic E-state index is 14.7. The zero-order chi connectivity index (χ0) is 34.5. The second kappa shape index (κ2) is 15.9. The molecule has 3 aromatic rings. The lowest BCUT2D eigenvalue weighted by atomic mass is 9.83. The number of ether oxygens (including phenoxy) is 3. The Kier molecular flexibility index (Phi) is 11.3. The summed E-state index contributed by atoms with van der Waals surface area (Å²) < 4.78 is 17.0. The summed E-state index contributed by atoms with van der Waals surface area (Å²) in [5.74, 6) is 1.23. The van der Waals surface area contributed by atoms with Crippen LogP contribution < -0.4 is 20.5 Å². The number of benzene rings is 3. The molecule has 1 amide bonds. The summed E-state index contributed by atoms with van der Waals surface area (Å²) in [6.45, 7) is 4.89. The van der Waals surface area contributed by atoms with Crippen LogP contribution in [0.1, 0.15) is 47.9 Å². The van der Waals surface area contributed by atoms with Gasteiger partial charge in [-0.3, -0.25) is 10.2 Å². The van der Waals surface area contributed by atoms with Crippen molar-refractivity contribution in [2.24, 2.45) is 5.73 Å². The van der Waals surface area contributed by atoms with Crippen LogP contribution in [0.15, 0.2) is 66.2 Å². The Morgan fingerprint density at radius 2 is 1.71 bits per heavy atom. The molecule has 0 unspecified atom stereocenters. The number of halogens is 2. The van der Waals surface area contributed by atoms with Gasteiger partial charge < -0.3 is 35.1 Å². The van der Waals surface area contributed by atoms with Crippen LogP contribution in [0.5, 0.6) is 11.5 Å². The minimum atomic E-state index is -0.242. The number of nitrogens with zero attached hydrogens (tertiary/aromatic N) is 2. The van der Waals surface area contributed by atoms with Crippen LogP contribution >= 0.6 is 23.2 Å². The van der Waals surface area contributed by atoms with E-state index in [9.17, 15) is 4.79 Å². The molecular weight excluding hydrogens is 661 g/mol. The van der Waals surface area contributed by atoms with E-state index in [-0.39, 0.29) is 36.6 Å². The predicted molar refractivity (Wildman–Crippen MR) is 195 cm³/mol. The highest BCUT2D eigenvalue weighted by molar-refractivity contribution is 6.37. The summed E-state index contributed by atoms with van der Waals surface area (Å²) in [6, 6.07) is 20.1. The van der Waals surface area contributed by atoms with Gasteiger partial charge in [-0.25, -0.2) is 0 Å². The molecule has 260 valence electrons. The molecule has 2 heterocycles. The van der Waals surface area contributed by atoms with Crippen LogP contribution in [0.2, 0.25) is 10.0 Å². The number of guanidine groups is 1. The first kappa shape index (κ1) is 35.1. The van der Waals surface area contributed by atoms with E-state index < -0.39 is 0 Å². The Balaban J connectivity index is 1.21. The summed E-state index contributed by atoms with van der Waals surface area (Å²) in [7, 11) is 1.73. The topological polar surface area (TPSA) is 113 Å². The molecular formula is C38H45Cl2N5O4. The number of carbonyl (C=O) groups is 1. The normalized spacial score (nSPS) is 18.7. The lowest BCUT2D eigenvalue weighted by molar-refractivity contribution is -0.128. The van der Waals surface area contributed by atoms with E-state index >= 15 is 0 Å². The Morgan fingerprint density at radius 1 is 1.00 bits per heavy atom. The highest BCUT2D eigenvalue weighted by Gasteiger charge is 2.42. The third-order valence-electron chi connectivity index (χ3n) is 9.33. The second-order valence-electron chi connectivity index (χ2n) is 13.2. The number of amides is 1. The zero-order valence-electron chi connectivity index (χ0n) is 28.1. The highest BCUT2D eigenvalue weighted by Crippen LogP contribution is 2.38. The van der Waals surface area contributed by atoms with Crippen LogP contribution in [-0.2, 0) is 22.5 Å². The second-order valence-corrected chi connectivity index (χ2v) is 14.0. The first-order chi connectivity index (χ1) is 23.7. The highest BCUT2D eigenvalue weighted by atomic mass is 35.5. The molecule has 0 spiro atoms. The number of fused-ring (bicyclic) bond motifs is 2. The van der Waals surface area contributed by atoms with Crippen LogP contribution in [0.3, 0.4) is 0 Å². The molecule has 11 heteroatoms. The molecule has 6 rings (SSSR count). The number of hydrogen-bond donors (Lipinski definition) is 3. The number of aryl methyl sites for hydroxylation is 2. The maximum atomic E-state index is 14.7. The Hall–Kier alpha value is -3.76. The first-order valence-corrected chi connectivity index (χ1v) is 17.7. The van der Waals surface area contributed by atoms with Gasteiger partial charge in [-0.1, -0.05) is 59.6 Å². The van der Waals surface area contributed by atoms with Crippen molar-refractivity contribution in [3.63, 3.8) is 0 Å². The minimum Gasteiger partial charge on any atom is -0.490 e. The van der Waals surface area contributed by atoms with E-state index in [4.69, 9.17) is 48.6 Å². The van der Waals surface area contributed by atoms with E-state index in [1.165, 1.54) is 5.56 Å². The molecule has 0 aromatic heterocycles. The number of methoxy groups -OCH3 is 1. The zero-order valence-corrected chi connectivity index (χ0v) is 29.7. The van der Waals surface area contributed by atoms with Crippen molar-refractivity contribution in [1.82, 2.24) is 15.1 Å². The van der Waals surface area contributed by atoms with Gasteiger partial charge in [0.25, 0.3) is 5.91 Å². The Bertz CT molecular complexity index is 1670. The molecule has 1 aliphatic carbocycles. The summed E-state index contributed by atoms with van der Waals surface area (Å²) >= 11 is 12.6. The number of piperazine rings is 1. The van der Waals surface area contributed by atoms with Gasteiger partial charge >= 0.3 is 0 Å². The third-order valence-corrected chi connectivity index (χ3v) is 9.89. The molecule has 1 saturated heterocycles. The monoisotopic (exact) mass is 705 g/mol. The molecule has 2 bridgehead atoms. The molecule has 0 radical (unpaired) electrons. The van der Waals surface area contributed by atoms with Crippen LogP contribution in [0.4, 0.5) is 0 Å². The van der Waals surface area contributed by atoms with E-state index in [1.807, 2.05) is 48.2 Å². The average molecular weight is 707 g/mol. The van der Waals surface area contributed by atoms with Crippen molar-refractivity contribution in [3.05, 3.63) is 98.5 Å². The minimum absolute atomic E-state index is 0.0356. The third kappa shape index (κ3) is 8.70. The SMILES string of the molecule is COCCCc1cccc(CN(C(=O)C2=C(c3ccc(OCCOc4c(Cl)cc(C)cc4Cl)cc3)C[C@@H]3CN(C(=N)N)C[C@@H]2N3)C2CC2)c1. The maximum Gasteiger partial charge on any atom is 0.252 e.